The summed E-state index contributed by atoms with van der Waals surface area (Å²) in [7, 11) is 0. The molecular formula is C21H24N4O2. The molecule has 1 aliphatic heterocycles. The summed E-state index contributed by atoms with van der Waals surface area (Å²) in [5, 5.41) is 8.78. The molecule has 0 unspecified atom stereocenters. The van der Waals surface area contributed by atoms with Crippen molar-refractivity contribution in [2.45, 2.75) is 38.4 Å². The molecule has 1 aliphatic carbocycles. The van der Waals surface area contributed by atoms with Gasteiger partial charge in [0.1, 0.15) is 22.9 Å². The summed E-state index contributed by atoms with van der Waals surface area (Å²) >= 11 is 0. The van der Waals surface area contributed by atoms with E-state index in [-0.39, 0.29) is 11.7 Å². The molecule has 1 saturated heterocycles. The molecule has 3 heterocycles. The minimum atomic E-state index is 0.00837. The highest BCUT2D eigenvalue weighted by molar-refractivity contribution is 5.94. The van der Waals surface area contributed by atoms with E-state index in [1.54, 1.807) is 0 Å². The maximum absolute atomic E-state index is 6.14. The van der Waals surface area contributed by atoms with Gasteiger partial charge < -0.3 is 14.4 Å². The first-order valence-electron chi connectivity index (χ1n) is 9.60. The van der Waals surface area contributed by atoms with Crippen LogP contribution in [0, 0.1) is 0 Å². The minimum absolute atomic E-state index is 0.00837. The average Bonchev–Trinajstić information content (AvgIpc) is 3.25. The molecule has 2 aliphatic rings. The second kappa shape index (κ2) is 6.23. The molecule has 2 fully saturated rings. The van der Waals surface area contributed by atoms with Crippen molar-refractivity contribution in [3.63, 3.8) is 0 Å². The van der Waals surface area contributed by atoms with E-state index in [2.05, 4.69) is 46.1 Å². The molecule has 0 amide bonds. The summed E-state index contributed by atoms with van der Waals surface area (Å²) in [5.74, 6) is 1.87. The summed E-state index contributed by atoms with van der Waals surface area (Å²) < 4.78 is 11.8. The van der Waals surface area contributed by atoms with Gasteiger partial charge in [-0.05, 0) is 57.0 Å². The molecule has 0 spiro atoms. The lowest BCUT2D eigenvalue weighted by molar-refractivity contribution is 0.0529. The highest BCUT2D eigenvalue weighted by Gasteiger charge is 2.40. The second-order valence-electron chi connectivity index (χ2n) is 7.86. The van der Waals surface area contributed by atoms with Crippen molar-refractivity contribution in [3.05, 3.63) is 36.5 Å². The van der Waals surface area contributed by atoms with Gasteiger partial charge in [-0.15, -0.1) is 0 Å². The molecule has 6 heteroatoms. The lowest BCUT2D eigenvalue weighted by atomic mass is 10.1. The summed E-state index contributed by atoms with van der Waals surface area (Å²) in [6.07, 6.45) is 4.32. The molecule has 1 saturated carbocycles. The normalized spacial score (nSPS) is 21.4. The maximum atomic E-state index is 6.14. The molecule has 1 N–H and O–H groups in total. The van der Waals surface area contributed by atoms with Gasteiger partial charge in [-0.25, -0.2) is 4.98 Å². The van der Waals surface area contributed by atoms with E-state index in [4.69, 9.17) is 9.47 Å². The largest absolute Gasteiger partial charge is 0.488 e. The number of hydrogen-bond donors (Lipinski definition) is 1. The van der Waals surface area contributed by atoms with Gasteiger partial charge in [0.05, 0.1) is 18.2 Å². The van der Waals surface area contributed by atoms with Crippen LogP contribution in [-0.4, -0.2) is 46.6 Å². The molecule has 2 aromatic heterocycles. The Kier molecular flexibility index (Phi) is 3.82. The molecule has 0 bridgehead atoms. The fourth-order valence-corrected chi connectivity index (χ4v) is 3.60. The monoisotopic (exact) mass is 364 g/mol. The summed E-state index contributed by atoms with van der Waals surface area (Å²) in [4.78, 5) is 6.84. The first-order chi connectivity index (χ1) is 13.1. The number of aromatic amines is 1. The van der Waals surface area contributed by atoms with Crippen molar-refractivity contribution >= 4 is 16.7 Å². The Morgan fingerprint density at radius 3 is 2.96 bits per heavy atom. The number of ether oxygens (including phenoxy) is 2. The molecule has 6 nitrogen and oxygen atoms in total. The lowest BCUT2D eigenvalue weighted by Gasteiger charge is -2.32. The van der Waals surface area contributed by atoms with Gasteiger partial charge in [0.25, 0.3) is 0 Å². The number of nitrogens with zero attached hydrogens (tertiary/aromatic N) is 3. The van der Waals surface area contributed by atoms with Gasteiger partial charge in [-0.2, -0.15) is 5.10 Å². The summed E-state index contributed by atoms with van der Waals surface area (Å²) in [5.41, 5.74) is 3.01. The Bertz CT molecular complexity index is 979. The number of pyridine rings is 1. The van der Waals surface area contributed by atoms with Crippen LogP contribution in [0.3, 0.4) is 0 Å². The Morgan fingerprint density at radius 1 is 1.26 bits per heavy atom. The summed E-state index contributed by atoms with van der Waals surface area (Å²) in [6.45, 7) is 6.70. The molecule has 27 heavy (non-hydrogen) atoms. The van der Waals surface area contributed by atoms with Crippen LogP contribution in [0.25, 0.3) is 22.2 Å². The first-order valence-corrected chi connectivity index (χ1v) is 9.60. The zero-order chi connectivity index (χ0) is 18.4. The van der Waals surface area contributed by atoms with E-state index >= 15 is 0 Å². The van der Waals surface area contributed by atoms with Gasteiger partial charge in [-0.1, -0.05) is 0 Å². The van der Waals surface area contributed by atoms with Gasteiger partial charge in [0.2, 0.25) is 0 Å². The Balaban J connectivity index is 1.49. The Hall–Kier alpha value is -2.60. The van der Waals surface area contributed by atoms with Crippen LogP contribution in [0.2, 0.25) is 0 Å². The van der Waals surface area contributed by atoms with Crippen molar-refractivity contribution in [1.29, 1.82) is 0 Å². The number of aromatic nitrogens is 3. The molecule has 5 rings (SSSR count). The first kappa shape index (κ1) is 16.6. The van der Waals surface area contributed by atoms with Crippen molar-refractivity contribution in [2.75, 3.05) is 24.6 Å². The minimum Gasteiger partial charge on any atom is -0.488 e. The van der Waals surface area contributed by atoms with E-state index in [0.29, 0.717) is 0 Å². The standard InChI is InChI=1S/C21H24N4O2/c1-14-13-25(9-10-26-14)19-11-15(5-8-22-19)20-17-12-16(27-21(2)6-7-21)3-4-18(17)23-24-20/h3-5,8,11-12,14H,6-7,9-10,13H2,1-2H3,(H,23,24)/t14-/m0/s1. The number of fused-ring (bicyclic) bond motifs is 1. The van der Waals surface area contributed by atoms with Crippen LogP contribution in [0.5, 0.6) is 5.75 Å². The molecule has 140 valence electrons. The highest BCUT2D eigenvalue weighted by Crippen LogP contribution is 2.40. The Morgan fingerprint density at radius 2 is 2.15 bits per heavy atom. The van der Waals surface area contributed by atoms with Crippen LogP contribution < -0.4 is 9.64 Å². The lowest BCUT2D eigenvalue weighted by Crippen LogP contribution is -2.41. The molecular weight excluding hydrogens is 340 g/mol. The fraction of sp³-hybridized carbons (Fsp3) is 0.429. The molecule has 3 aromatic rings. The van der Waals surface area contributed by atoms with Crippen LogP contribution in [0.4, 0.5) is 5.82 Å². The van der Waals surface area contributed by atoms with E-state index < -0.39 is 0 Å². The number of H-pyrrole nitrogens is 1. The quantitative estimate of drug-likeness (QED) is 0.763. The molecule has 1 atom stereocenters. The maximum Gasteiger partial charge on any atom is 0.129 e. The third kappa shape index (κ3) is 3.25. The zero-order valence-corrected chi connectivity index (χ0v) is 15.7. The van der Waals surface area contributed by atoms with Crippen molar-refractivity contribution in [2.24, 2.45) is 0 Å². The Labute approximate surface area is 158 Å². The van der Waals surface area contributed by atoms with E-state index in [1.807, 2.05) is 24.4 Å². The number of benzene rings is 1. The van der Waals surface area contributed by atoms with E-state index in [1.165, 1.54) is 0 Å². The second-order valence-corrected chi connectivity index (χ2v) is 7.86. The van der Waals surface area contributed by atoms with E-state index in [9.17, 15) is 0 Å². The van der Waals surface area contributed by atoms with Crippen molar-refractivity contribution in [3.8, 4) is 17.0 Å². The predicted octanol–water partition coefficient (Wildman–Crippen LogP) is 3.78. The fourth-order valence-electron chi connectivity index (χ4n) is 3.60. The topological polar surface area (TPSA) is 63.3 Å². The smallest absolute Gasteiger partial charge is 0.129 e. The van der Waals surface area contributed by atoms with Crippen LogP contribution in [0.1, 0.15) is 26.7 Å². The third-order valence-electron chi connectivity index (χ3n) is 5.44. The molecule has 0 radical (unpaired) electrons. The van der Waals surface area contributed by atoms with Crippen LogP contribution in [-0.2, 0) is 4.74 Å². The predicted molar refractivity (Wildman–Crippen MR) is 105 cm³/mol. The van der Waals surface area contributed by atoms with Gasteiger partial charge >= 0.3 is 0 Å². The number of rotatable bonds is 4. The average molecular weight is 364 g/mol. The zero-order valence-electron chi connectivity index (χ0n) is 15.7. The van der Waals surface area contributed by atoms with E-state index in [0.717, 1.165) is 66.3 Å². The van der Waals surface area contributed by atoms with Gasteiger partial charge in [-0.3, -0.25) is 5.10 Å². The SMILES string of the molecule is C[C@H]1CN(c2cc(-c3n[nH]c4ccc(OC5(C)CC5)cc34)ccn2)CCO1. The van der Waals surface area contributed by atoms with Gasteiger partial charge in [0.15, 0.2) is 0 Å². The number of morpholine rings is 1. The third-order valence-corrected chi connectivity index (χ3v) is 5.44. The van der Waals surface area contributed by atoms with Crippen molar-refractivity contribution < 1.29 is 9.47 Å². The van der Waals surface area contributed by atoms with Crippen molar-refractivity contribution in [1.82, 2.24) is 15.2 Å². The van der Waals surface area contributed by atoms with Crippen LogP contribution >= 0.6 is 0 Å². The van der Waals surface area contributed by atoms with Gasteiger partial charge in [0, 0.05) is 30.2 Å². The number of anilines is 1. The summed E-state index contributed by atoms with van der Waals surface area (Å²) in [6, 6.07) is 10.3. The number of nitrogens with one attached hydrogen (secondary N) is 1. The molecule has 1 aromatic carbocycles. The van der Waals surface area contributed by atoms with Crippen LogP contribution in [0.15, 0.2) is 36.5 Å². The highest BCUT2D eigenvalue weighted by atomic mass is 16.5. The number of hydrogen-bond acceptors (Lipinski definition) is 5.